The molecule has 0 bridgehead atoms. The van der Waals surface area contributed by atoms with Crippen LogP contribution >= 0.6 is 11.5 Å². The third-order valence-corrected chi connectivity index (χ3v) is 3.62. The van der Waals surface area contributed by atoms with Crippen LogP contribution in [-0.2, 0) is 5.54 Å². The van der Waals surface area contributed by atoms with Crippen molar-refractivity contribution >= 4 is 22.4 Å². The van der Waals surface area contributed by atoms with Gasteiger partial charge >= 0.3 is 0 Å². The maximum atomic E-state index is 4.47. The third-order valence-electron chi connectivity index (χ3n) is 2.97. The molecule has 0 saturated heterocycles. The molecular formula is C14H15N3S. The molecule has 0 radical (unpaired) electrons. The van der Waals surface area contributed by atoms with E-state index in [9.17, 15) is 0 Å². The average Bonchev–Trinajstić information content (AvgIpc) is 2.96. The molecule has 4 heteroatoms. The van der Waals surface area contributed by atoms with Gasteiger partial charge in [-0.05, 0) is 32.3 Å². The van der Waals surface area contributed by atoms with Crippen molar-refractivity contribution in [3.05, 3.63) is 36.0 Å². The van der Waals surface area contributed by atoms with E-state index in [1.165, 1.54) is 16.9 Å². The predicted molar refractivity (Wildman–Crippen MR) is 75.8 cm³/mol. The van der Waals surface area contributed by atoms with E-state index in [0.717, 1.165) is 16.6 Å². The van der Waals surface area contributed by atoms with Crippen LogP contribution in [0.2, 0.25) is 0 Å². The zero-order valence-electron chi connectivity index (χ0n) is 10.7. The number of fused-ring (bicyclic) bond motifs is 1. The molecule has 0 aliphatic carbocycles. The molecule has 0 fully saturated rings. The highest BCUT2D eigenvalue weighted by atomic mass is 32.1. The Morgan fingerprint density at radius 1 is 1.22 bits per heavy atom. The maximum absolute atomic E-state index is 4.47. The summed E-state index contributed by atoms with van der Waals surface area (Å²) in [4.78, 5) is 0. The molecule has 0 aliphatic rings. The molecule has 0 N–H and O–H groups in total. The Morgan fingerprint density at radius 2 is 2.06 bits per heavy atom. The minimum atomic E-state index is 0.00816. The lowest BCUT2D eigenvalue weighted by Gasteiger charge is -2.18. The highest BCUT2D eigenvalue weighted by molar-refractivity contribution is 7.04. The molecule has 0 amide bonds. The molecule has 2 aromatic heterocycles. The Balaban J connectivity index is 2.15. The first kappa shape index (κ1) is 11.4. The second-order valence-corrected chi connectivity index (χ2v) is 6.03. The van der Waals surface area contributed by atoms with Gasteiger partial charge in [-0.3, -0.25) is 4.68 Å². The fraction of sp³-hybridized carbons (Fsp3) is 0.286. The van der Waals surface area contributed by atoms with E-state index >= 15 is 0 Å². The second-order valence-electron chi connectivity index (χ2n) is 5.40. The minimum absolute atomic E-state index is 0.00816. The molecule has 2 heterocycles. The molecule has 3 aromatic rings. The van der Waals surface area contributed by atoms with Gasteiger partial charge in [0, 0.05) is 28.1 Å². The summed E-state index contributed by atoms with van der Waals surface area (Å²) >= 11 is 1.50. The summed E-state index contributed by atoms with van der Waals surface area (Å²) in [5.41, 5.74) is 3.36. The minimum Gasteiger partial charge on any atom is -0.267 e. The number of benzene rings is 1. The fourth-order valence-corrected chi connectivity index (χ4v) is 2.62. The van der Waals surface area contributed by atoms with Crippen molar-refractivity contribution in [2.45, 2.75) is 26.3 Å². The lowest BCUT2D eigenvalue weighted by molar-refractivity contribution is 0.355. The van der Waals surface area contributed by atoms with Gasteiger partial charge in [0.1, 0.15) is 0 Å². The summed E-state index contributed by atoms with van der Waals surface area (Å²) in [5.74, 6) is 0. The van der Waals surface area contributed by atoms with Crippen molar-refractivity contribution in [3.8, 4) is 11.1 Å². The molecule has 0 unspecified atom stereocenters. The van der Waals surface area contributed by atoms with Crippen LogP contribution in [-0.4, -0.2) is 14.2 Å². The molecule has 92 valence electrons. The normalized spacial score (nSPS) is 12.2. The lowest BCUT2D eigenvalue weighted by atomic mass is 10.1. The highest BCUT2D eigenvalue weighted by Crippen LogP contribution is 2.29. The average molecular weight is 257 g/mol. The van der Waals surface area contributed by atoms with Gasteiger partial charge in [-0.15, -0.1) is 0 Å². The number of rotatable bonds is 1. The molecule has 1 aromatic carbocycles. The number of aromatic nitrogens is 3. The Kier molecular flexibility index (Phi) is 2.48. The quantitative estimate of drug-likeness (QED) is 0.661. The first-order valence-electron chi connectivity index (χ1n) is 5.94. The fourth-order valence-electron chi connectivity index (χ4n) is 1.96. The van der Waals surface area contributed by atoms with E-state index in [1.54, 1.807) is 0 Å². The summed E-state index contributed by atoms with van der Waals surface area (Å²) in [5, 5.41) is 7.72. The largest absolute Gasteiger partial charge is 0.267 e. The summed E-state index contributed by atoms with van der Waals surface area (Å²) in [6, 6.07) is 6.27. The van der Waals surface area contributed by atoms with Gasteiger partial charge in [0.15, 0.2) is 0 Å². The summed E-state index contributed by atoms with van der Waals surface area (Å²) in [7, 11) is 0. The van der Waals surface area contributed by atoms with Crippen LogP contribution in [0.3, 0.4) is 0 Å². The van der Waals surface area contributed by atoms with Crippen molar-refractivity contribution in [3.63, 3.8) is 0 Å². The van der Waals surface area contributed by atoms with Crippen molar-refractivity contribution in [2.75, 3.05) is 0 Å². The lowest BCUT2D eigenvalue weighted by Crippen LogP contribution is -2.21. The molecule has 3 nitrogen and oxygen atoms in total. The van der Waals surface area contributed by atoms with E-state index < -0.39 is 0 Å². The van der Waals surface area contributed by atoms with Gasteiger partial charge in [-0.2, -0.15) is 9.47 Å². The van der Waals surface area contributed by atoms with Crippen LogP contribution < -0.4 is 0 Å². The topological polar surface area (TPSA) is 30.7 Å². The predicted octanol–water partition coefficient (Wildman–Crippen LogP) is 3.91. The summed E-state index contributed by atoms with van der Waals surface area (Å²) in [6.45, 7) is 6.44. The zero-order chi connectivity index (χ0) is 12.8. The van der Waals surface area contributed by atoms with Crippen molar-refractivity contribution in [2.24, 2.45) is 0 Å². The van der Waals surface area contributed by atoms with Gasteiger partial charge in [0.05, 0.1) is 17.3 Å². The van der Waals surface area contributed by atoms with E-state index in [4.69, 9.17) is 0 Å². The van der Waals surface area contributed by atoms with Crippen LogP contribution in [0.5, 0.6) is 0 Å². The summed E-state index contributed by atoms with van der Waals surface area (Å²) < 4.78 is 6.46. The van der Waals surface area contributed by atoms with Crippen molar-refractivity contribution in [1.82, 2.24) is 14.2 Å². The standard InChI is InChI=1S/C14H15N3S/c1-14(2,3)17-8-11(7-15-17)12-6-4-5-10-9-18-16-13(10)12/h4-9H,1-3H3. The van der Waals surface area contributed by atoms with Crippen LogP contribution in [0.15, 0.2) is 36.0 Å². The molecule has 0 aliphatic heterocycles. The van der Waals surface area contributed by atoms with Crippen LogP contribution in [0.1, 0.15) is 20.8 Å². The third kappa shape index (κ3) is 1.82. The van der Waals surface area contributed by atoms with Crippen LogP contribution in [0.4, 0.5) is 0 Å². The van der Waals surface area contributed by atoms with E-state index in [1.807, 2.05) is 10.9 Å². The first-order chi connectivity index (χ1) is 8.55. The number of nitrogens with zero attached hydrogens (tertiary/aromatic N) is 3. The molecule has 0 spiro atoms. The molecule has 3 rings (SSSR count). The number of hydrogen-bond donors (Lipinski definition) is 0. The maximum Gasteiger partial charge on any atom is 0.0920 e. The van der Waals surface area contributed by atoms with E-state index in [2.05, 4.69) is 60.0 Å². The first-order valence-corrected chi connectivity index (χ1v) is 6.78. The molecule has 0 saturated carbocycles. The van der Waals surface area contributed by atoms with Gasteiger partial charge in [0.2, 0.25) is 0 Å². The van der Waals surface area contributed by atoms with Crippen molar-refractivity contribution < 1.29 is 0 Å². The van der Waals surface area contributed by atoms with Gasteiger partial charge in [-0.1, -0.05) is 18.2 Å². The Hall–Kier alpha value is -1.68. The summed E-state index contributed by atoms with van der Waals surface area (Å²) in [6.07, 6.45) is 4.01. The molecular weight excluding hydrogens is 242 g/mol. The Morgan fingerprint density at radius 3 is 2.78 bits per heavy atom. The van der Waals surface area contributed by atoms with Gasteiger partial charge < -0.3 is 0 Å². The number of hydrogen-bond acceptors (Lipinski definition) is 3. The van der Waals surface area contributed by atoms with Gasteiger partial charge in [0.25, 0.3) is 0 Å². The Bertz CT molecular complexity index is 688. The zero-order valence-corrected chi connectivity index (χ0v) is 11.5. The SMILES string of the molecule is CC(C)(C)n1cc(-c2cccc3csnc23)cn1. The highest BCUT2D eigenvalue weighted by Gasteiger charge is 2.15. The van der Waals surface area contributed by atoms with Gasteiger partial charge in [-0.25, -0.2) is 0 Å². The smallest absolute Gasteiger partial charge is 0.0920 e. The van der Waals surface area contributed by atoms with E-state index in [0.29, 0.717) is 0 Å². The van der Waals surface area contributed by atoms with E-state index in [-0.39, 0.29) is 5.54 Å². The second kappa shape index (κ2) is 3.92. The molecule has 18 heavy (non-hydrogen) atoms. The monoisotopic (exact) mass is 257 g/mol. The van der Waals surface area contributed by atoms with Crippen LogP contribution in [0, 0.1) is 0 Å². The van der Waals surface area contributed by atoms with Crippen LogP contribution in [0.25, 0.3) is 22.0 Å². The Labute approximate surface area is 110 Å². The van der Waals surface area contributed by atoms with Crippen molar-refractivity contribution in [1.29, 1.82) is 0 Å². The molecule has 0 atom stereocenters.